The lowest BCUT2D eigenvalue weighted by Crippen LogP contribution is -2.80. The van der Waals surface area contributed by atoms with Crippen LogP contribution in [0.25, 0.3) is 0 Å². The molecule has 1 amide bonds. The largest absolute Gasteiger partial charge is 0.462 e. The minimum absolute atomic E-state index is 0.0185. The topological polar surface area (TPSA) is 205 Å². The molecular weight excluding hydrogens is 967 g/mol. The number of benzene rings is 3. The smallest absolute Gasteiger partial charge is 0.338 e. The normalized spacial score (nSPS) is 28.6. The van der Waals surface area contributed by atoms with Gasteiger partial charge in [-0.2, -0.15) is 0 Å². The van der Waals surface area contributed by atoms with Crippen LogP contribution in [-0.2, 0) is 61.6 Å². The minimum atomic E-state index is -2.72. The SMILES string of the molecule is CC[Si](CC)(CC)O[C@@H](C(=O)O[C@H]1C[C@H]2[C@@H](OC(=O)c3ccccc3)[C@@H]3[C@]4(OC(C)=O)CO[C@@H]4C[C@H](OC(C)=O)[C@@]3(C)[C@@H](OC(C)=O)[C@H](OC(C)=O)C(=C1C)C2(C)C)[C@@H](NC(=O)c1ccccc1)c1ccccc1. The predicted octanol–water partition coefficient (Wildman–Crippen LogP) is 8.58. The van der Waals surface area contributed by atoms with Gasteiger partial charge < -0.3 is 42.9 Å². The van der Waals surface area contributed by atoms with E-state index in [1.807, 2.05) is 65.0 Å². The van der Waals surface area contributed by atoms with Crippen LogP contribution in [0.2, 0.25) is 18.1 Å². The fourth-order valence-corrected chi connectivity index (χ4v) is 15.3. The van der Waals surface area contributed by atoms with Gasteiger partial charge in [-0.1, -0.05) is 108 Å². The molecule has 4 aliphatic rings. The fraction of sp³-hybridized carbons (Fsp3) is 0.526. The molecule has 3 aromatic rings. The first-order valence-electron chi connectivity index (χ1n) is 25.7. The summed E-state index contributed by atoms with van der Waals surface area (Å²) in [4.78, 5) is 98.7. The number of fused-ring (bicyclic) bond motifs is 5. The van der Waals surface area contributed by atoms with Crippen LogP contribution in [0.1, 0.15) is 121 Å². The van der Waals surface area contributed by atoms with Gasteiger partial charge in [-0.25, -0.2) is 9.59 Å². The third kappa shape index (κ3) is 10.7. The lowest BCUT2D eigenvalue weighted by atomic mass is 9.45. The lowest BCUT2D eigenvalue weighted by Gasteiger charge is -2.68. The van der Waals surface area contributed by atoms with Crippen LogP contribution < -0.4 is 5.32 Å². The average molecular weight is 1040 g/mol. The molecular formula is C57H71NO15Si. The van der Waals surface area contributed by atoms with Crippen LogP contribution in [0.5, 0.6) is 0 Å². The summed E-state index contributed by atoms with van der Waals surface area (Å²) in [6.07, 6.45) is -8.98. The summed E-state index contributed by atoms with van der Waals surface area (Å²) in [6.45, 7) is 18.1. The van der Waals surface area contributed by atoms with Crippen LogP contribution in [-0.4, -0.2) is 105 Å². The van der Waals surface area contributed by atoms with E-state index in [0.717, 1.165) is 0 Å². The molecule has 398 valence electrons. The molecule has 0 radical (unpaired) electrons. The Balaban J connectivity index is 1.49. The zero-order chi connectivity index (χ0) is 53.9. The molecule has 0 spiro atoms. The Hall–Kier alpha value is -6.17. The Morgan fingerprint density at radius 3 is 1.76 bits per heavy atom. The highest BCUT2D eigenvalue weighted by Gasteiger charge is 2.77. The van der Waals surface area contributed by atoms with Gasteiger partial charge in [0.25, 0.3) is 5.91 Å². The Bertz CT molecular complexity index is 2590. The Morgan fingerprint density at radius 1 is 0.689 bits per heavy atom. The molecule has 12 atom stereocenters. The summed E-state index contributed by atoms with van der Waals surface area (Å²) in [6, 6.07) is 27.0. The Labute approximate surface area is 434 Å². The van der Waals surface area contributed by atoms with Gasteiger partial charge in [0.2, 0.25) is 0 Å². The van der Waals surface area contributed by atoms with Gasteiger partial charge >= 0.3 is 35.8 Å². The quantitative estimate of drug-likeness (QED) is 0.0582. The van der Waals surface area contributed by atoms with Gasteiger partial charge in [0, 0.05) is 45.6 Å². The molecule has 0 unspecified atom stereocenters. The first kappa shape index (κ1) is 55.6. The first-order valence-corrected chi connectivity index (χ1v) is 28.2. The second-order valence-corrected chi connectivity index (χ2v) is 25.6. The minimum Gasteiger partial charge on any atom is -0.462 e. The zero-order valence-corrected chi connectivity index (χ0v) is 45.3. The third-order valence-corrected chi connectivity index (χ3v) is 21.0. The summed E-state index contributed by atoms with van der Waals surface area (Å²) in [5, 5.41) is 3.12. The number of carbonyl (C=O) groups is 7. The van der Waals surface area contributed by atoms with E-state index in [4.69, 9.17) is 37.6 Å². The molecule has 0 aromatic heterocycles. The predicted molar refractivity (Wildman–Crippen MR) is 272 cm³/mol. The Kier molecular flexibility index (Phi) is 16.8. The number of amides is 1. The van der Waals surface area contributed by atoms with Crippen LogP contribution in [0.3, 0.4) is 0 Å². The molecule has 2 saturated carbocycles. The number of carbonyl (C=O) groups excluding carboxylic acids is 7. The number of hydrogen-bond acceptors (Lipinski definition) is 15. The standard InChI is InChI=1S/C57H71NO15Si/c1-12-74(13-2,14-3)73-49(46(38-24-18-15-19-25-38)58-52(63)39-26-20-16-21-27-39)54(65)70-42-30-41-47(71-53(64)40-28-22-17-23-29-40)50-56(11,43(67-34(5)59)31-44-57(50,32-66-44)72-37(8)62)51(69-36(7)61)48(68-35(6)60)45(33(42)4)55(41,9)10/h15-29,41-44,46-51H,12-14,30-32H2,1-11H3,(H,58,63)/t41-,42-,43-,44+,46-,47+,48+,49+,50-,51-,56+,57-/m0/s1. The van der Waals surface area contributed by atoms with Crippen molar-refractivity contribution in [2.45, 2.75) is 162 Å². The molecule has 74 heavy (non-hydrogen) atoms. The highest BCUT2D eigenvalue weighted by Crippen LogP contribution is 2.65. The maximum Gasteiger partial charge on any atom is 0.338 e. The molecule has 1 N–H and O–H groups in total. The van der Waals surface area contributed by atoms with Gasteiger partial charge in [-0.15, -0.1) is 0 Å². The van der Waals surface area contributed by atoms with Gasteiger partial charge in [-0.05, 0) is 77.9 Å². The second kappa shape index (κ2) is 22.3. The van der Waals surface area contributed by atoms with Gasteiger partial charge in [0.15, 0.2) is 32.2 Å². The van der Waals surface area contributed by atoms with Gasteiger partial charge in [0.05, 0.1) is 29.5 Å². The summed E-state index contributed by atoms with van der Waals surface area (Å²) in [5.74, 6) is -6.98. The van der Waals surface area contributed by atoms with Crippen molar-refractivity contribution in [3.8, 4) is 0 Å². The van der Waals surface area contributed by atoms with E-state index in [1.54, 1.807) is 74.5 Å². The Morgan fingerprint density at radius 2 is 1.24 bits per heavy atom. The van der Waals surface area contributed by atoms with Crippen LogP contribution in [0.15, 0.2) is 102 Å². The summed E-state index contributed by atoms with van der Waals surface area (Å²) < 4.78 is 52.5. The number of esters is 6. The van der Waals surface area contributed by atoms with Crippen molar-refractivity contribution in [3.05, 3.63) is 119 Å². The van der Waals surface area contributed by atoms with Crippen molar-refractivity contribution in [2.24, 2.45) is 22.7 Å². The number of ether oxygens (including phenoxy) is 7. The van der Waals surface area contributed by atoms with Gasteiger partial charge in [-0.3, -0.25) is 24.0 Å². The van der Waals surface area contributed by atoms with E-state index in [1.165, 1.54) is 27.7 Å². The van der Waals surface area contributed by atoms with Crippen LogP contribution in [0, 0.1) is 22.7 Å². The van der Waals surface area contributed by atoms with Crippen LogP contribution in [0.4, 0.5) is 0 Å². The molecule has 2 bridgehead atoms. The van der Waals surface area contributed by atoms with Crippen molar-refractivity contribution in [1.82, 2.24) is 5.32 Å². The fourth-order valence-electron chi connectivity index (χ4n) is 12.6. The number of nitrogens with one attached hydrogen (secondary N) is 1. The highest BCUT2D eigenvalue weighted by molar-refractivity contribution is 6.73. The third-order valence-electron chi connectivity index (χ3n) is 16.3. The van der Waals surface area contributed by atoms with E-state index in [0.29, 0.717) is 40.4 Å². The maximum atomic E-state index is 15.7. The molecule has 1 heterocycles. The molecule has 7 rings (SSSR count). The summed E-state index contributed by atoms with van der Waals surface area (Å²) in [7, 11) is -2.72. The van der Waals surface area contributed by atoms with E-state index < -0.39 is 127 Å². The summed E-state index contributed by atoms with van der Waals surface area (Å²) >= 11 is 0. The molecule has 1 saturated heterocycles. The zero-order valence-electron chi connectivity index (χ0n) is 44.3. The average Bonchev–Trinajstić information content (AvgIpc) is 3.36. The van der Waals surface area contributed by atoms with Crippen molar-refractivity contribution in [2.75, 3.05) is 6.61 Å². The second-order valence-electron chi connectivity index (χ2n) is 20.9. The first-order chi connectivity index (χ1) is 35.1. The maximum absolute atomic E-state index is 15.7. The molecule has 3 aliphatic carbocycles. The molecule has 3 fully saturated rings. The van der Waals surface area contributed by atoms with Crippen molar-refractivity contribution >= 4 is 50.0 Å². The van der Waals surface area contributed by atoms with Gasteiger partial charge in [0.1, 0.15) is 24.4 Å². The van der Waals surface area contributed by atoms with E-state index in [2.05, 4.69) is 5.32 Å². The monoisotopic (exact) mass is 1040 g/mol. The van der Waals surface area contributed by atoms with E-state index >= 15 is 4.79 Å². The van der Waals surface area contributed by atoms with Crippen molar-refractivity contribution in [1.29, 1.82) is 0 Å². The molecule has 1 aliphatic heterocycles. The van der Waals surface area contributed by atoms with Crippen molar-refractivity contribution in [3.63, 3.8) is 0 Å². The molecule has 3 aromatic carbocycles. The number of rotatable bonds is 17. The van der Waals surface area contributed by atoms with Crippen molar-refractivity contribution < 1.29 is 71.1 Å². The molecule has 17 heteroatoms. The number of hydrogen-bond donors (Lipinski definition) is 1. The van der Waals surface area contributed by atoms with E-state index in [9.17, 15) is 28.8 Å². The van der Waals surface area contributed by atoms with Crippen LogP contribution >= 0.6 is 0 Å². The lowest BCUT2D eigenvalue weighted by molar-refractivity contribution is -0.355. The highest BCUT2D eigenvalue weighted by atomic mass is 28.4. The molecule has 16 nitrogen and oxygen atoms in total. The summed E-state index contributed by atoms with van der Waals surface area (Å²) in [5.41, 5.74) is -2.43. The van der Waals surface area contributed by atoms with E-state index in [-0.39, 0.29) is 25.0 Å².